The van der Waals surface area contributed by atoms with Crippen LogP contribution in [0, 0.1) is 17.7 Å². The van der Waals surface area contributed by atoms with Gasteiger partial charge in [-0.25, -0.2) is 4.39 Å². The van der Waals surface area contributed by atoms with E-state index >= 15 is 0 Å². The molecule has 1 aromatic rings. The zero-order valence-corrected chi connectivity index (χ0v) is 10.0. The smallest absolute Gasteiger partial charge is 0.123 e. The number of hydrogen-bond donors (Lipinski definition) is 1. The molecular formula is C13H16ClFO. The number of aliphatic hydroxyl groups excluding tert-OH is 1. The van der Waals surface area contributed by atoms with Gasteiger partial charge in [-0.1, -0.05) is 31.4 Å². The van der Waals surface area contributed by atoms with Gasteiger partial charge in [0.05, 0.1) is 6.10 Å². The fraction of sp³-hybridized carbons (Fsp3) is 0.538. The van der Waals surface area contributed by atoms with Crippen LogP contribution in [0.25, 0.3) is 0 Å². The quantitative estimate of drug-likeness (QED) is 0.833. The van der Waals surface area contributed by atoms with Crippen LogP contribution in [0.5, 0.6) is 0 Å². The second kappa shape index (κ2) is 4.72. The predicted molar refractivity (Wildman–Crippen MR) is 62.9 cm³/mol. The van der Waals surface area contributed by atoms with E-state index in [-0.39, 0.29) is 11.7 Å². The SMILES string of the molecule is CC1CCCC1C(O)c1cc(F)ccc1Cl. The average molecular weight is 243 g/mol. The Kier molecular flexibility index (Phi) is 3.50. The van der Waals surface area contributed by atoms with Crippen LogP contribution in [-0.2, 0) is 0 Å². The average Bonchev–Trinajstić information content (AvgIpc) is 2.67. The third-order valence-electron chi connectivity index (χ3n) is 3.61. The third-order valence-corrected chi connectivity index (χ3v) is 3.95. The number of rotatable bonds is 2. The molecule has 0 heterocycles. The lowest BCUT2D eigenvalue weighted by molar-refractivity contribution is 0.0898. The molecule has 1 saturated carbocycles. The molecule has 1 aliphatic carbocycles. The molecule has 0 saturated heterocycles. The summed E-state index contributed by atoms with van der Waals surface area (Å²) >= 11 is 5.99. The van der Waals surface area contributed by atoms with E-state index in [1.807, 2.05) is 0 Å². The Bertz CT molecular complexity index is 380. The van der Waals surface area contributed by atoms with Crippen molar-refractivity contribution in [3.05, 3.63) is 34.6 Å². The van der Waals surface area contributed by atoms with E-state index < -0.39 is 6.10 Å². The first-order chi connectivity index (χ1) is 7.59. The predicted octanol–water partition coefficient (Wildman–Crippen LogP) is 3.95. The fourth-order valence-electron chi connectivity index (χ4n) is 2.62. The maximum atomic E-state index is 13.1. The molecular weight excluding hydrogens is 227 g/mol. The largest absolute Gasteiger partial charge is 0.388 e. The molecule has 3 atom stereocenters. The minimum absolute atomic E-state index is 0.208. The summed E-state index contributed by atoms with van der Waals surface area (Å²) in [6.45, 7) is 2.13. The normalized spacial score (nSPS) is 27.0. The first-order valence-electron chi connectivity index (χ1n) is 5.72. The van der Waals surface area contributed by atoms with E-state index in [0.717, 1.165) is 19.3 Å². The van der Waals surface area contributed by atoms with Crippen LogP contribution in [-0.4, -0.2) is 5.11 Å². The Morgan fingerprint density at radius 2 is 2.19 bits per heavy atom. The van der Waals surface area contributed by atoms with Gasteiger partial charge in [-0.3, -0.25) is 0 Å². The molecule has 0 spiro atoms. The topological polar surface area (TPSA) is 20.2 Å². The second-order valence-electron chi connectivity index (χ2n) is 4.68. The van der Waals surface area contributed by atoms with E-state index in [0.29, 0.717) is 16.5 Å². The summed E-state index contributed by atoms with van der Waals surface area (Å²) in [4.78, 5) is 0. The van der Waals surface area contributed by atoms with E-state index in [2.05, 4.69) is 6.92 Å². The minimum Gasteiger partial charge on any atom is -0.388 e. The molecule has 0 amide bonds. The number of benzene rings is 1. The summed E-state index contributed by atoms with van der Waals surface area (Å²) in [6, 6.07) is 4.17. The van der Waals surface area contributed by atoms with Crippen molar-refractivity contribution >= 4 is 11.6 Å². The standard InChI is InChI=1S/C13H16ClFO/c1-8-3-2-4-10(8)13(16)11-7-9(15)5-6-12(11)14/h5-8,10,13,16H,2-4H2,1H3. The fourth-order valence-corrected chi connectivity index (χ4v) is 2.84. The van der Waals surface area contributed by atoms with Crippen molar-refractivity contribution in [2.24, 2.45) is 11.8 Å². The van der Waals surface area contributed by atoms with E-state index in [9.17, 15) is 9.50 Å². The van der Waals surface area contributed by atoms with Crippen LogP contribution in [0.2, 0.25) is 5.02 Å². The van der Waals surface area contributed by atoms with Gasteiger partial charge in [0.2, 0.25) is 0 Å². The highest BCUT2D eigenvalue weighted by Gasteiger charge is 2.31. The molecule has 0 aliphatic heterocycles. The van der Waals surface area contributed by atoms with Gasteiger partial charge in [0, 0.05) is 10.6 Å². The second-order valence-corrected chi connectivity index (χ2v) is 5.09. The summed E-state index contributed by atoms with van der Waals surface area (Å²) in [5, 5.41) is 10.7. The van der Waals surface area contributed by atoms with Gasteiger partial charge in [0.25, 0.3) is 0 Å². The maximum absolute atomic E-state index is 13.1. The summed E-state index contributed by atoms with van der Waals surface area (Å²) in [5.74, 6) is 0.345. The lowest BCUT2D eigenvalue weighted by Crippen LogP contribution is -2.15. The Morgan fingerprint density at radius 3 is 2.81 bits per heavy atom. The summed E-state index contributed by atoms with van der Waals surface area (Å²) in [7, 11) is 0. The first-order valence-corrected chi connectivity index (χ1v) is 6.10. The number of aliphatic hydroxyl groups is 1. The molecule has 1 nitrogen and oxygen atoms in total. The van der Waals surface area contributed by atoms with Crippen molar-refractivity contribution < 1.29 is 9.50 Å². The first kappa shape index (κ1) is 11.9. The molecule has 3 unspecified atom stereocenters. The van der Waals surface area contributed by atoms with Gasteiger partial charge in [-0.2, -0.15) is 0 Å². The molecule has 0 radical (unpaired) electrons. The monoisotopic (exact) mass is 242 g/mol. The van der Waals surface area contributed by atoms with Gasteiger partial charge in [-0.15, -0.1) is 0 Å². The molecule has 1 N–H and O–H groups in total. The van der Waals surface area contributed by atoms with Crippen LogP contribution in [0.4, 0.5) is 4.39 Å². The highest BCUT2D eigenvalue weighted by molar-refractivity contribution is 6.31. The molecule has 16 heavy (non-hydrogen) atoms. The van der Waals surface area contributed by atoms with Crippen LogP contribution in [0.1, 0.15) is 37.9 Å². The van der Waals surface area contributed by atoms with Gasteiger partial charge >= 0.3 is 0 Å². The van der Waals surface area contributed by atoms with Crippen molar-refractivity contribution in [1.29, 1.82) is 0 Å². The molecule has 2 rings (SSSR count). The van der Waals surface area contributed by atoms with Crippen LogP contribution >= 0.6 is 11.6 Å². The summed E-state index contributed by atoms with van der Waals surface area (Å²) in [5.41, 5.74) is 0.528. The van der Waals surface area contributed by atoms with Crippen LogP contribution in [0.15, 0.2) is 18.2 Å². The zero-order chi connectivity index (χ0) is 11.7. The highest BCUT2D eigenvalue weighted by Crippen LogP contribution is 2.41. The molecule has 3 heteroatoms. The Labute approximate surface area is 100 Å². The maximum Gasteiger partial charge on any atom is 0.123 e. The lowest BCUT2D eigenvalue weighted by Gasteiger charge is -2.23. The molecule has 88 valence electrons. The van der Waals surface area contributed by atoms with Crippen molar-refractivity contribution in [2.45, 2.75) is 32.3 Å². The van der Waals surface area contributed by atoms with Crippen LogP contribution < -0.4 is 0 Å². The number of halogens is 2. The Hall–Kier alpha value is -0.600. The lowest BCUT2D eigenvalue weighted by atomic mass is 9.88. The van der Waals surface area contributed by atoms with Crippen LogP contribution in [0.3, 0.4) is 0 Å². The summed E-state index contributed by atoms with van der Waals surface area (Å²) < 4.78 is 13.1. The highest BCUT2D eigenvalue weighted by atomic mass is 35.5. The molecule has 1 aromatic carbocycles. The Morgan fingerprint density at radius 1 is 1.44 bits per heavy atom. The van der Waals surface area contributed by atoms with Crippen molar-refractivity contribution in [2.75, 3.05) is 0 Å². The van der Waals surface area contributed by atoms with Gasteiger partial charge in [0.15, 0.2) is 0 Å². The van der Waals surface area contributed by atoms with Crippen molar-refractivity contribution in [3.63, 3.8) is 0 Å². The van der Waals surface area contributed by atoms with Crippen molar-refractivity contribution in [1.82, 2.24) is 0 Å². The zero-order valence-electron chi connectivity index (χ0n) is 9.29. The molecule has 1 aliphatic rings. The Balaban J connectivity index is 2.25. The van der Waals surface area contributed by atoms with E-state index in [4.69, 9.17) is 11.6 Å². The molecule has 0 bridgehead atoms. The molecule has 0 aromatic heterocycles. The third kappa shape index (κ3) is 2.23. The van der Waals surface area contributed by atoms with Gasteiger partial charge < -0.3 is 5.11 Å². The minimum atomic E-state index is -0.638. The van der Waals surface area contributed by atoms with Crippen molar-refractivity contribution in [3.8, 4) is 0 Å². The van der Waals surface area contributed by atoms with E-state index in [1.165, 1.54) is 18.2 Å². The summed E-state index contributed by atoms with van der Waals surface area (Å²) in [6.07, 6.45) is 2.63. The molecule has 1 fully saturated rings. The van der Waals surface area contributed by atoms with Gasteiger partial charge in [-0.05, 0) is 36.5 Å². The van der Waals surface area contributed by atoms with Gasteiger partial charge in [0.1, 0.15) is 5.82 Å². The number of hydrogen-bond acceptors (Lipinski definition) is 1. The van der Waals surface area contributed by atoms with E-state index in [1.54, 1.807) is 0 Å².